The second-order valence-electron chi connectivity index (χ2n) is 10.7. The molecule has 0 N–H and O–H groups in total. The lowest BCUT2D eigenvalue weighted by Gasteiger charge is -2.22. The first-order valence-corrected chi connectivity index (χ1v) is 10.4. The third kappa shape index (κ3) is 4.29. The van der Waals surface area contributed by atoms with Gasteiger partial charge in [0.25, 0.3) is 0 Å². The van der Waals surface area contributed by atoms with Gasteiger partial charge in [0, 0.05) is 17.0 Å². The number of hydrogen-bond donors (Lipinski definition) is 0. The molecule has 0 spiro atoms. The highest BCUT2D eigenvalue weighted by Gasteiger charge is 2.21. The van der Waals surface area contributed by atoms with Crippen LogP contribution in [0.1, 0.15) is 63.8 Å². The third-order valence-corrected chi connectivity index (χ3v) is 5.70. The standard InChI is InChI=1S/C27H36N/c1-18-12-23(27(6,7)8)15-24(19(18)2)25-14-22-13-20(16-26(3,4)5)10-11-21(22)17-28(25)9/h10-15,17H,16H2,1-9H3/q+1. The first kappa shape index (κ1) is 20.6. The predicted octanol–water partition coefficient (Wildman–Crippen LogP) is 6.83. The average Bonchev–Trinajstić information content (AvgIpc) is 2.54. The van der Waals surface area contributed by atoms with Crippen molar-refractivity contribution >= 4 is 10.8 Å². The van der Waals surface area contributed by atoms with Crippen molar-refractivity contribution in [2.75, 3.05) is 0 Å². The Morgan fingerprint density at radius 2 is 1.50 bits per heavy atom. The summed E-state index contributed by atoms with van der Waals surface area (Å²) in [5, 5.41) is 2.62. The van der Waals surface area contributed by atoms with Crippen molar-refractivity contribution in [3.8, 4) is 11.3 Å². The van der Waals surface area contributed by atoms with E-state index in [2.05, 4.69) is 110 Å². The largest absolute Gasteiger partial charge is 0.213 e. The van der Waals surface area contributed by atoms with Crippen LogP contribution in [0, 0.1) is 19.3 Å². The molecule has 0 unspecified atom stereocenters. The molecule has 2 aromatic carbocycles. The molecule has 0 bridgehead atoms. The molecule has 1 heteroatoms. The first-order chi connectivity index (χ1) is 12.8. The van der Waals surface area contributed by atoms with Crippen LogP contribution < -0.4 is 4.57 Å². The summed E-state index contributed by atoms with van der Waals surface area (Å²) in [6, 6.07) is 14.0. The van der Waals surface area contributed by atoms with Gasteiger partial charge in [-0.05, 0) is 70.9 Å². The molecule has 148 valence electrons. The molecule has 0 saturated heterocycles. The van der Waals surface area contributed by atoms with Crippen molar-refractivity contribution < 1.29 is 4.57 Å². The summed E-state index contributed by atoms with van der Waals surface area (Å²) in [6.07, 6.45) is 3.36. The minimum atomic E-state index is 0.141. The minimum absolute atomic E-state index is 0.141. The predicted molar refractivity (Wildman–Crippen MR) is 122 cm³/mol. The van der Waals surface area contributed by atoms with Gasteiger partial charge in [-0.1, -0.05) is 59.7 Å². The Morgan fingerprint density at radius 1 is 0.821 bits per heavy atom. The van der Waals surface area contributed by atoms with E-state index >= 15 is 0 Å². The third-order valence-electron chi connectivity index (χ3n) is 5.70. The van der Waals surface area contributed by atoms with Gasteiger partial charge < -0.3 is 0 Å². The first-order valence-electron chi connectivity index (χ1n) is 10.4. The molecule has 28 heavy (non-hydrogen) atoms. The normalized spacial score (nSPS) is 12.6. The number of aryl methyl sites for hydroxylation is 2. The van der Waals surface area contributed by atoms with Gasteiger partial charge in [-0.25, -0.2) is 4.57 Å². The Labute approximate surface area is 171 Å². The molecule has 0 aliphatic rings. The fourth-order valence-corrected chi connectivity index (χ4v) is 3.94. The second-order valence-corrected chi connectivity index (χ2v) is 10.7. The molecule has 1 heterocycles. The quantitative estimate of drug-likeness (QED) is 0.433. The highest BCUT2D eigenvalue weighted by atomic mass is 14.9. The second kappa shape index (κ2) is 7.03. The fraction of sp³-hybridized carbons (Fsp3) is 0.444. The smallest absolute Gasteiger partial charge is 0.200 e. The minimum Gasteiger partial charge on any atom is -0.200 e. The van der Waals surface area contributed by atoms with Gasteiger partial charge in [0.05, 0.1) is 0 Å². The number of nitrogens with zero attached hydrogens (tertiary/aromatic N) is 1. The zero-order valence-corrected chi connectivity index (χ0v) is 19.2. The number of benzene rings is 2. The van der Waals surface area contributed by atoms with Crippen molar-refractivity contribution in [2.24, 2.45) is 12.5 Å². The topological polar surface area (TPSA) is 3.88 Å². The van der Waals surface area contributed by atoms with Crippen LogP contribution in [0.25, 0.3) is 22.0 Å². The summed E-state index contributed by atoms with van der Waals surface area (Å²) in [4.78, 5) is 0. The van der Waals surface area contributed by atoms with Crippen LogP contribution in [-0.4, -0.2) is 0 Å². The maximum absolute atomic E-state index is 2.39. The number of rotatable bonds is 2. The van der Waals surface area contributed by atoms with E-state index in [9.17, 15) is 0 Å². The molecule has 3 aromatic rings. The maximum Gasteiger partial charge on any atom is 0.213 e. The highest BCUT2D eigenvalue weighted by Crippen LogP contribution is 2.32. The molecular weight excluding hydrogens is 338 g/mol. The molecule has 0 atom stereocenters. The van der Waals surface area contributed by atoms with E-state index in [0.29, 0.717) is 5.41 Å². The van der Waals surface area contributed by atoms with Gasteiger partial charge in [0.15, 0.2) is 6.20 Å². The maximum atomic E-state index is 2.39. The van der Waals surface area contributed by atoms with Crippen molar-refractivity contribution in [2.45, 2.75) is 67.2 Å². The lowest BCUT2D eigenvalue weighted by molar-refractivity contribution is -0.659. The van der Waals surface area contributed by atoms with Gasteiger partial charge in [-0.15, -0.1) is 0 Å². The summed E-state index contributed by atoms with van der Waals surface area (Å²) in [7, 11) is 2.16. The molecule has 0 aliphatic carbocycles. The number of aromatic nitrogens is 1. The van der Waals surface area contributed by atoms with Crippen LogP contribution in [0.5, 0.6) is 0 Å². The number of pyridine rings is 1. The summed E-state index contributed by atoms with van der Waals surface area (Å²) >= 11 is 0. The fourth-order valence-electron chi connectivity index (χ4n) is 3.94. The van der Waals surface area contributed by atoms with Gasteiger partial charge >= 0.3 is 0 Å². The Balaban J connectivity index is 2.20. The SMILES string of the molecule is Cc1cc(C(C)(C)C)cc(-c2cc3cc(CC(C)(C)C)ccc3c[n+]2C)c1C. The van der Waals surface area contributed by atoms with Gasteiger partial charge in [0.2, 0.25) is 5.69 Å². The highest BCUT2D eigenvalue weighted by molar-refractivity contribution is 5.85. The van der Waals surface area contributed by atoms with Gasteiger partial charge in [-0.3, -0.25) is 0 Å². The van der Waals surface area contributed by atoms with E-state index in [1.807, 2.05) is 0 Å². The molecule has 0 amide bonds. The van der Waals surface area contributed by atoms with Crippen molar-refractivity contribution in [3.05, 3.63) is 64.8 Å². The van der Waals surface area contributed by atoms with Crippen LogP contribution in [0.15, 0.2) is 42.6 Å². The van der Waals surface area contributed by atoms with Crippen LogP contribution in [0.2, 0.25) is 0 Å². The molecule has 3 rings (SSSR count). The van der Waals surface area contributed by atoms with Crippen molar-refractivity contribution in [3.63, 3.8) is 0 Å². The van der Waals surface area contributed by atoms with Crippen LogP contribution in [0.4, 0.5) is 0 Å². The van der Waals surface area contributed by atoms with E-state index in [0.717, 1.165) is 6.42 Å². The monoisotopic (exact) mass is 374 g/mol. The van der Waals surface area contributed by atoms with E-state index < -0.39 is 0 Å². The lowest BCUT2D eigenvalue weighted by atomic mass is 9.83. The Morgan fingerprint density at radius 3 is 2.11 bits per heavy atom. The summed E-state index contributed by atoms with van der Waals surface area (Å²) in [6.45, 7) is 18.3. The van der Waals surface area contributed by atoms with Crippen molar-refractivity contribution in [1.82, 2.24) is 0 Å². The zero-order chi connectivity index (χ0) is 20.9. The van der Waals surface area contributed by atoms with Crippen molar-refractivity contribution in [1.29, 1.82) is 0 Å². The Hall–Kier alpha value is -2.15. The van der Waals surface area contributed by atoms with Gasteiger partial charge in [0.1, 0.15) is 7.05 Å². The lowest BCUT2D eigenvalue weighted by Crippen LogP contribution is -2.31. The van der Waals surface area contributed by atoms with Gasteiger partial charge in [-0.2, -0.15) is 0 Å². The number of hydrogen-bond acceptors (Lipinski definition) is 0. The Kier molecular flexibility index (Phi) is 5.17. The van der Waals surface area contributed by atoms with E-state index in [4.69, 9.17) is 0 Å². The molecule has 0 fully saturated rings. The van der Waals surface area contributed by atoms with E-state index in [-0.39, 0.29) is 5.41 Å². The summed E-state index contributed by atoms with van der Waals surface area (Å²) < 4.78 is 2.28. The molecular formula is C27H36N+. The van der Waals surface area contributed by atoms with E-state index in [1.165, 1.54) is 44.3 Å². The molecule has 1 nitrogen and oxygen atoms in total. The zero-order valence-electron chi connectivity index (χ0n) is 19.2. The molecule has 1 aromatic heterocycles. The molecule has 0 saturated carbocycles. The number of fused-ring (bicyclic) bond motifs is 1. The average molecular weight is 375 g/mol. The van der Waals surface area contributed by atoms with Crippen LogP contribution in [-0.2, 0) is 18.9 Å². The summed E-state index contributed by atoms with van der Waals surface area (Å²) in [5.74, 6) is 0. The van der Waals surface area contributed by atoms with E-state index in [1.54, 1.807) is 0 Å². The molecule has 0 aliphatic heterocycles. The van der Waals surface area contributed by atoms with Crippen LogP contribution >= 0.6 is 0 Å². The van der Waals surface area contributed by atoms with Crippen LogP contribution in [0.3, 0.4) is 0 Å². The summed E-state index contributed by atoms with van der Waals surface area (Å²) in [5.41, 5.74) is 8.61. The Bertz CT molecular complexity index is 1030. The molecule has 0 radical (unpaired) electrons.